The average Bonchev–Trinajstić information content (AvgIpc) is 3.55. The third-order valence-corrected chi connectivity index (χ3v) is 5.95. The molecule has 0 radical (unpaired) electrons. The van der Waals surface area contributed by atoms with E-state index in [2.05, 4.69) is 20.4 Å². The minimum atomic E-state index is -0.349. The molecule has 0 aliphatic carbocycles. The molecule has 10 heteroatoms. The second-order valence-corrected chi connectivity index (χ2v) is 8.34. The van der Waals surface area contributed by atoms with Crippen molar-refractivity contribution in [1.29, 1.82) is 0 Å². The third-order valence-electron chi connectivity index (χ3n) is 5.95. The highest BCUT2D eigenvalue weighted by molar-refractivity contribution is 5.98. The van der Waals surface area contributed by atoms with Gasteiger partial charge in [-0.1, -0.05) is 12.1 Å². The maximum Gasteiger partial charge on any atom is 0.256 e. The minimum absolute atomic E-state index is 0.138. The lowest BCUT2D eigenvalue weighted by Gasteiger charge is -2.39. The van der Waals surface area contributed by atoms with Crippen molar-refractivity contribution in [2.75, 3.05) is 13.2 Å². The second kappa shape index (κ2) is 9.14. The van der Waals surface area contributed by atoms with E-state index in [1.807, 2.05) is 26.0 Å². The zero-order chi connectivity index (χ0) is 23.7. The number of hydrogen-bond donors (Lipinski definition) is 0. The van der Waals surface area contributed by atoms with Crippen LogP contribution in [0.3, 0.4) is 0 Å². The Balaban J connectivity index is 1.48. The van der Waals surface area contributed by atoms with E-state index in [0.717, 1.165) is 5.56 Å². The second-order valence-electron chi connectivity index (χ2n) is 8.34. The summed E-state index contributed by atoms with van der Waals surface area (Å²) >= 11 is 0. The van der Waals surface area contributed by atoms with Gasteiger partial charge in [0.15, 0.2) is 0 Å². The molecule has 0 bridgehead atoms. The molecule has 1 aliphatic rings. The van der Waals surface area contributed by atoms with E-state index in [1.165, 1.54) is 15.7 Å². The topological polar surface area (TPSA) is 91.0 Å². The van der Waals surface area contributed by atoms with Crippen LogP contribution in [0.1, 0.15) is 28.4 Å². The van der Waals surface area contributed by atoms with Crippen molar-refractivity contribution in [2.24, 2.45) is 0 Å². The summed E-state index contributed by atoms with van der Waals surface area (Å²) in [4.78, 5) is 18.5. The molecule has 2 aromatic heterocycles. The average molecular weight is 462 g/mol. The van der Waals surface area contributed by atoms with Crippen LogP contribution in [0.25, 0.3) is 11.4 Å². The highest BCUT2D eigenvalue weighted by Crippen LogP contribution is 2.25. The first kappa shape index (κ1) is 21.9. The lowest BCUT2D eigenvalue weighted by atomic mass is 10.00. The van der Waals surface area contributed by atoms with Gasteiger partial charge >= 0.3 is 0 Å². The fraction of sp³-hybridized carbons (Fsp3) is 0.292. The largest absolute Gasteiger partial charge is 0.375 e. The van der Waals surface area contributed by atoms with Crippen molar-refractivity contribution >= 4 is 5.91 Å². The molecule has 4 aromatic rings. The number of ether oxygens (including phenoxy) is 1. The Morgan fingerprint density at radius 1 is 1.06 bits per heavy atom. The van der Waals surface area contributed by atoms with E-state index in [1.54, 1.807) is 47.9 Å². The van der Waals surface area contributed by atoms with E-state index in [9.17, 15) is 9.18 Å². The smallest absolute Gasteiger partial charge is 0.256 e. The molecule has 0 spiro atoms. The van der Waals surface area contributed by atoms with E-state index in [4.69, 9.17) is 4.74 Å². The number of halogens is 1. The van der Waals surface area contributed by atoms with Gasteiger partial charge in [0.2, 0.25) is 0 Å². The van der Waals surface area contributed by atoms with Gasteiger partial charge in [-0.3, -0.25) is 4.79 Å². The van der Waals surface area contributed by atoms with Crippen LogP contribution < -0.4 is 0 Å². The van der Waals surface area contributed by atoms with Crippen LogP contribution in [0, 0.1) is 12.7 Å². The van der Waals surface area contributed by atoms with Gasteiger partial charge in [0.05, 0.1) is 54.8 Å². The minimum Gasteiger partial charge on any atom is -0.375 e. The molecule has 174 valence electrons. The van der Waals surface area contributed by atoms with E-state index in [0.29, 0.717) is 42.1 Å². The summed E-state index contributed by atoms with van der Waals surface area (Å²) in [6, 6.07) is 9.91. The molecule has 1 aliphatic heterocycles. The molecule has 0 unspecified atom stereocenters. The first-order valence-electron chi connectivity index (χ1n) is 11.0. The summed E-state index contributed by atoms with van der Waals surface area (Å²) in [5.74, 6) is -0.514. The number of carbonyl (C=O) groups is 1. The van der Waals surface area contributed by atoms with Gasteiger partial charge in [0.1, 0.15) is 11.5 Å². The number of aromatic nitrogens is 6. The molecular formula is C24H24FN7O2. The Morgan fingerprint density at radius 3 is 2.50 bits per heavy atom. The SMILES string of the molecule is Cc1cccc(C(=O)N2C[C@@H](C)OC[C@H]2Cc2cc(-n3nccn3)ccc2F)c1-n1nccn1. The molecule has 0 saturated carbocycles. The summed E-state index contributed by atoms with van der Waals surface area (Å²) in [5.41, 5.74) is 3.12. The molecule has 1 amide bonds. The number of para-hydroxylation sites is 1. The van der Waals surface area contributed by atoms with Crippen LogP contribution in [-0.2, 0) is 11.2 Å². The fourth-order valence-corrected chi connectivity index (χ4v) is 4.29. The first-order chi connectivity index (χ1) is 16.5. The Labute approximate surface area is 195 Å². The molecule has 34 heavy (non-hydrogen) atoms. The Bertz CT molecular complexity index is 1290. The zero-order valence-electron chi connectivity index (χ0n) is 18.9. The van der Waals surface area contributed by atoms with Gasteiger partial charge in [-0.05, 0) is 55.7 Å². The van der Waals surface area contributed by atoms with Crippen LogP contribution in [0.15, 0.2) is 61.2 Å². The number of hydrogen-bond acceptors (Lipinski definition) is 6. The normalized spacial score (nSPS) is 18.3. The number of carbonyl (C=O) groups excluding carboxylic acids is 1. The highest BCUT2D eigenvalue weighted by Gasteiger charge is 2.33. The number of nitrogens with zero attached hydrogens (tertiary/aromatic N) is 7. The Morgan fingerprint density at radius 2 is 1.76 bits per heavy atom. The van der Waals surface area contributed by atoms with Crippen LogP contribution in [0.2, 0.25) is 0 Å². The van der Waals surface area contributed by atoms with Crippen LogP contribution in [0.5, 0.6) is 0 Å². The molecule has 0 N–H and O–H groups in total. The number of morpholine rings is 1. The number of benzene rings is 2. The Hall–Kier alpha value is -3.92. The molecular weight excluding hydrogens is 437 g/mol. The van der Waals surface area contributed by atoms with E-state index in [-0.39, 0.29) is 23.9 Å². The number of rotatable bonds is 5. The van der Waals surface area contributed by atoms with Gasteiger partial charge < -0.3 is 9.64 Å². The zero-order valence-corrected chi connectivity index (χ0v) is 18.9. The van der Waals surface area contributed by atoms with Crippen molar-refractivity contribution < 1.29 is 13.9 Å². The van der Waals surface area contributed by atoms with Gasteiger partial charge in [-0.15, -0.1) is 0 Å². The predicted octanol–water partition coefficient (Wildman–Crippen LogP) is 2.77. The van der Waals surface area contributed by atoms with Crippen molar-refractivity contribution in [1.82, 2.24) is 34.9 Å². The molecule has 9 nitrogen and oxygen atoms in total. The quantitative estimate of drug-likeness (QED) is 0.454. The summed E-state index contributed by atoms with van der Waals surface area (Å²) in [5, 5.41) is 16.7. The molecule has 2 aromatic carbocycles. The third kappa shape index (κ3) is 4.19. The van der Waals surface area contributed by atoms with Crippen molar-refractivity contribution in [3.63, 3.8) is 0 Å². The predicted molar refractivity (Wildman–Crippen MR) is 121 cm³/mol. The Kier molecular flexibility index (Phi) is 5.89. The number of aryl methyl sites for hydroxylation is 1. The standard InChI is InChI=1S/C24H24FN7O2/c1-16-4-3-5-21(23(16)32-28-10-11-29-32)24(33)30-14-17(2)34-15-20(30)13-18-12-19(6-7-22(18)25)31-26-8-9-27-31/h3-12,17,20H,13-15H2,1-2H3/t17-,20-/m1/s1. The first-order valence-corrected chi connectivity index (χ1v) is 11.0. The van der Waals surface area contributed by atoms with E-state index < -0.39 is 0 Å². The lowest BCUT2D eigenvalue weighted by Crippen LogP contribution is -2.52. The summed E-state index contributed by atoms with van der Waals surface area (Å²) in [7, 11) is 0. The molecule has 1 saturated heterocycles. The maximum absolute atomic E-state index is 14.8. The molecule has 3 heterocycles. The van der Waals surface area contributed by atoms with Crippen molar-refractivity contribution in [2.45, 2.75) is 32.4 Å². The lowest BCUT2D eigenvalue weighted by molar-refractivity contribution is -0.0435. The van der Waals surface area contributed by atoms with Crippen molar-refractivity contribution in [3.8, 4) is 11.4 Å². The van der Waals surface area contributed by atoms with Crippen molar-refractivity contribution in [3.05, 3.63) is 83.7 Å². The summed E-state index contributed by atoms with van der Waals surface area (Å²) < 4.78 is 20.7. The summed E-state index contributed by atoms with van der Waals surface area (Å²) in [6.07, 6.45) is 6.43. The molecule has 1 fully saturated rings. The van der Waals surface area contributed by atoms with Crippen LogP contribution >= 0.6 is 0 Å². The van der Waals surface area contributed by atoms with Crippen LogP contribution in [0.4, 0.5) is 4.39 Å². The van der Waals surface area contributed by atoms with Crippen LogP contribution in [-0.4, -0.2) is 66.1 Å². The van der Waals surface area contributed by atoms with Gasteiger partial charge in [-0.2, -0.15) is 30.0 Å². The highest BCUT2D eigenvalue weighted by atomic mass is 19.1. The van der Waals surface area contributed by atoms with Gasteiger partial charge in [0.25, 0.3) is 5.91 Å². The summed E-state index contributed by atoms with van der Waals surface area (Å²) in [6.45, 7) is 4.54. The maximum atomic E-state index is 14.8. The fourth-order valence-electron chi connectivity index (χ4n) is 4.29. The monoisotopic (exact) mass is 461 g/mol. The van der Waals surface area contributed by atoms with Gasteiger partial charge in [0, 0.05) is 6.54 Å². The molecule has 5 rings (SSSR count). The van der Waals surface area contributed by atoms with E-state index >= 15 is 0 Å². The molecule has 2 atom stereocenters. The van der Waals surface area contributed by atoms with Gasteiger partial charge in [-0.25, -0.2) is 4.39 Å². The number of amides is 1.